The van der Waals surface area contributed by atoms with Crippen molar-refractivity contribution in [2.45, 2.75) is 31.7 Å². The van der Waals surface area contributed by atoms with Crippen molar-refractivity contribution in [2.75, 3.05) is 4.31 Å². The van der Waals surface area contributed by atoms with Crippen molar-refractivity contribution in [1.29, 1.82) is 0 Å². The first-order valence-electron chi connectivity index (χ1n) is 10.4. The van der Waals surface area contributed by atoms with Crippen molar-refractivity contribution in [3.63, 3.8) is 0 Å². The Kier molecular flexibility index (Phi) is 6.48. The van der Waals surface area contributed by atoms with Gasteiger partial charge < -0.3 is 5.11 Å². The Hall–Kier alpha value is -3.21. The van der Waals surface area contributed by atoms with Crippen molar-refractivity contribution in [2.24, 2.45) is 5.41 Å². The van der Waals surface area contributed by atoms with Crippen LogP contribution in [0.4, 0.5) is 5.69 Å². The monoisotopic (exact) mass is 533 g/mol. The number of anilines is 1. The third-order valence-corrected chi connectivity index (χ3v) is 7.44. The van der Waals surface area contributed by atoms with Gasteiger partial charge in [0.1, 0.15) is 12.4 Å². The lowest BCUT2D eigenvalue weighted by Gasteiger charge is -2.37. The van der Waals surface area contributed by atoms with Gasteiger partial charge in [0.2, 0.25) is 5.95 Å². The standard InChI is InChI=1S/C23H21Cl2N5O4S/c1-23(2,3)20(21(31)32)30(35(33,34)17-10-14(24)9-15(25)11-17)16-5-6-18-19(12-16)29(13-28-18)22-26-7-4-8-27-22/h4-13,20H,1-3H3,(H,31,32). The van der Waals surface area contributed by atoms with E-state index in [0.717, 1.165) is 4.31 Å². The molecule has 0 bridgehead atoms. The van der Waals surface area contributed by atoms with Crippen LogP contribution in [0.1, 0.15) is 20.8 Å². The van der Waals surface area contributed by atoms with Gasteiger partial charge in [0, 0.05) is 22.4 Å². The van der Waals surface area contributed by atoms with Crippen molar-refractivity contribution in [3.8, 4) is 5.95 Å². The Morgan fingerprint density at radius 1 is 1.03 bits per heavy atom. The summed E-state index contributed by atoms with van der Waals surface area (Å²) >= 11 is 12.2. The van der Waals surface area contributed by atoms with Gasteiger partial charge in [-0.05, 0) is 47.9 Å². The Bertz CT molecular complexity index is 1500. The maximum atomic E-state index is 14.0. The molecule has 2 aromatic heterocycles. The van der Waals surface area contributed by atoms with Gasteiger partial charge in [0.05, 0.1) is 21.6 Å². The highest BCUT2D eigenvalue weighted by atomic mass is 35.5. The molecule has 0 amide bonds. The van der Waals surface area contributed by atoms with Gasteiger partial charge in [0.15, 0.2) is 0 Å². The number of carboxylic acid groups (broad SMARTS) is 1. The number of hydrogen-bond acceptors (Lipinski definition) is 6. The summed E-state index contributed by atoms with van der Waals surface area (Å²) in [7, 11) is -4.43. The number of aromatic nitrogens is 4. The normalized spacial score (nSPS) is 13.1. The van der Waals surface area contributed by atoms with Crippen molar-refractivity contribution in [3.05, 3.63) is 71.2 Å². The second-order valence-electron chi connectivity index (χ2n) is 8.85. The van der Waals surface area contributed by atoms with Gasteiger partial charge in [-0.3, -0.25) is 8.87 Å². The number of rotatable bonds is 6. The third kappa shape index (κ3) is 4.82. The number of nitrogens with zero attached hydrogens (tertiary/aromatic N) is 5. The molecular weight excluding hydrogens is 513 g/mol. The van der Waals surface area contributed by atoms with E-state index in [2.05, 4.69) is 15.0 Å². The fraction of sp³-hybridized carbons (Fsp3) is 0.217. The minimum absolute atomic E-state index is 0.105. The average Bonchev–Trinajstić information content (AvgIpc) is 3.19. The number of sulfonamides is 1. The highest BCUT2D eigenvalue weighted by Gasteiger charge is 2.43. The minimum Gasteiger partial charge on any atom is -0.480 e. The number of hydrogen-bond donors (Lipinski definition) is 1. The highest BCUT2D eigenvalue weighted by molar-refractivity contribution is 7.93. The van der Waals surface area contributed by atoms with Crippen molar-refractivity contribution < 1.29 is 18.3 Å². The minimum atomic E-state index is -4.43. The van der Waals surface area contributed by atoms with E-state index in [4.69, 9.17) is 23.2 Å². The quantitative estimate of drug-likeness (QED) is 0.377. The number of benzene rings is 2. The molecule has 0 aliphatic rings. The van der Waals surface area contributed by atoms with Gasteiger partial charge in [-0.25, -0.2) is 28.2 Å². The lowest BCUT2D eigenvalue weighted by Crippen LogP contribution is -2.52. The maximum Gasteiger partial charge on any atom is 0.328 e. The van der Waals surface area contributed by atoms with E-state index in [1.54, 1.807) is 55.9 Å². The van der Waals surface area contributed by atoms with Gasteiger partial charge in [-0.1, -0.05) is 44.0 Å². The van der Waals surface area contributed by atoms with Crippen LogP contribution >= 0.6 is 23.2 Å². The molecule has 1 atom stereocenters. The van der Waals surface area contributed by atoms with Gasteiger partial charge >= 0.3 is 5.97 Å². The second-order valence-corrected chi connectivity index (χ2v) is 11.5. The zero-order chi connectivity index (χ0) is 25.5. The van der Waals surface area contributed by atoms with Crippen LogP contribution in [0.15, 0.2) is 66.1 Å². The average molecular weight is 534 g/mol. The van der Waals surface area contributed by atoms with Crippen LogP contribution in [0.2, 0.25) is 10.0 Å². The van der Waals surface area contributed by atoms with E-state index in [0.29, 0.717) is 17.0 Å². The molecule has 4 aromatic rings. The Morgan fingerprint density at radius 3 is 2.23 bits per heavy atom. The molecule has 0 aliphatic heterocycles. The highest BCUT2D eigenvalue weighted by Crippen LogP contribution is 2.37. The zero-order valence-corrected chi connectivity index (χ0v) is 21.3. The molecular formula is C23H21Cl2N5O4S. The molecule has 9 nitrogen and oxygen atoms in total. The first kappa shape index (κ1) is 24.9. The van der Waals surface area contributed by atoms with Crippen LogP contribution in [0.3, 0.4) is 0 Å². The summed E-state index contributed by atoms with van der Waals surface area (Å²) < 4.78 is 30.4. The van der Waals surface area contributed by atoms with Gasteiger partial charge in [-0.15, -0.1) is 0 Å². The summed E-state index contributed by atoms with van der Waals surface area (Å²) in [5, 5.41) is 10.4. The summed E-state index contributed by atoms with van der Waals surface area (Å²) in [5.41, 5.74) is 0.176. The zero-order valence-electron chi connectivity index (χ0n) is 18.9. The molecule has 1 unspecified atom stereocenters. The topological polar surface area (TPSA) is 118 Å². The van der Waals surface area contributed by atoms with E-state index >= 15 is 0 Å². The van der Waals surface area contributed by atoms with Crippen LogP contribution in [-0.2, 0) is 14.8 Å². The summed E-state index contributed by atoms with van der Waals surface area (Å²) in [4.78, 5) is 25.0. The van der Waals surface area contributed by atoms with Crippen LogP contribution in [0, 0.1) is 5.41 Å². The van der Waals surface area contributed by atoms with E-state index in [1.807, 2.05) is 0 Å². The maximum absolute atomic E-state index is 14.0. The van der Waals surface area contributed by atoms with Crippen molar-refractivity contribution >= 4 is 55.9 Å². The molecule has 0 spiro atoms. The van der Waals surface area contributed by atoms with Crippen LogP contribution in [-0.4, -0.2) is 45.1 Å². The predicted molar refractivity (Wildman–Crippen MR) is 134 cm³/mol. The summed E-state index contributed by atoms with van der Waals surface area (Å²) in [6.45, 7) is 4.96. The second kappa shape index (κ2) is 9.10. The summed E-state index contributed by atoms with van der Waals surface area (Å²) in [5.74, 6) is -0.983. The third-order valence-electron chi connectivity index (χ3n) is 5.23. The number of carboxylic acids is 1. The molecule has 0 aliphatic carbocycles. The number of imidazole rings is 1. The smallest absolute Gasteiger partial charge is 0.328 e. The van der Waals surface area contributed by atoms with Crippen LogP contribution in [0.5, 0.6) is 0 Å². The molecule has 0 radical (unpaired) electrons. The van der Waals surface area contributed by atoms with Crippen molar-refractivity contribution in [1.82, 2.24) is 19.5 Å². The van der Waals surface area contributed by atoms with Gasteiger partial charge in [0.25, 0.3) is 10.0 Å². The van der Waals surface area contributed by atoms with E-state index in [1.165, 1.54) is 30.6 Å². The number of aliphatic carboxylic acids is 1. The molecule has 1 N–H and O–H groups in total. The molecule has 2 aromatic carbocycles. The fourth-order valence-corrected chi connectivity index (χ4v) is 6.26. The molecule has 4 rings (SSSR count). The lowest BCUT2D eigenvalue weighted by atomic mass is 9.86. The van der Waals surface area contributed by atoms with E-state index in [-0.39, 0.29) is 20.6 Å². The summed E-state index contributed by atoms with van der Waals surface area (Å²) in [6.07, 6.45) is 4.65. The largest absolute Gasteiger partial charge is 0.480 e. The number of carbonyl (C=O) groups is 1. The van der Waals surface area contributed by atoms with Crippen LogP contribution in [0.25, 0.3) is 17.0 Å². The Morgan fingerprint density at radius 2 is 1.66 bits per heavy atom. The molecule has 0 fully saturated rings. The first-order chi connectivity index (χ1) is 16.4. The molecule has 35 heavy (non-hydrogen) atoms. The molecule has 12 heteroatoms. The SMILES string of the molecule is CC(C)(C)C(C(=O)O)N(c1ccc2ncn(-c3ncccn3)c2c1)S(=O)(=O)c1cc(Cl)cc(Cl)c1. The predicted octanol–water partition coefficient (Wildman–Crippen LogP) is 4.82. The molecule has 182 valence electrons. The molecule has 2 heterocycles. The van der Waals surface area contributed by atoms with E-state index in [9.17, 15) is 18.3 Å². The number of fused-ring (bicyclic) bond motifs is 1. The Balaban J connectivity index is 1.99. The Labute approximate surface area is 212 Å². The number of halogens is 2. The molecule has 0 saturated carbocycles. The van der Waals surface area contributed by atoms with Crippen LogP contribution < -0.4 is 4.31 Å². The first-order valence-corrected chi connectivity index (χ1v) is 12.6. The lowest BCUT2D eigenvalue weighted by molar-refractivity contribution is -0.140. The van der Waals surface area contributed by atoms with Gasteiger partial charge in [-0.2, -0.15) is 0 Å². The fourth-order valence-electron chi connectivity index (χ4n) is 3.75. The van der Waals surface area contributed by atoms with E-state index < -0.39 is 27.4 Å². The summed E-state index contributed by atoms with van der Waals surface area (Å²) in [6, 6.07) is 8.73. The molecule has 0 saturated heterocycles.